The van der Waals surface area contributed by atoms with Crippen molar-refractivity contribution in [3.05, 3.63) is 23.8 Å². The first-order chi connectivity index (χ1) is 7.46. The summed E-state index contributed by atoms with van der Waals surface area (Å²) in [6.45, 7) is 0.835. The van der Waals surface area contributed by atoms with Crippen molar-refractivity contribution in [1.29, 1.82) is 0 Å². The highest BCUT2D eigenvalue weighted by Gasteiger charge is 2.27. The normalized spacial score (nSPS) is 12.0. The number of halogens is 3. The van der Waals surface area contributed by atoms with E-state index < -0.39 is 12.7 Å². The fourth-order valence-corrected chi connectivity index (χ4v) is 2.28. The molecule has 0 radical (unpaired) electrons. The number of fused-ring (bicyclic) bond motifs is 1. The van der Waals surface area contributed by atoms with Crippen LogP contribution >= 0.6 is 11.3 Å². The van der Waals surface area contributed by atoms with Crippen LogP contribution < -0.4 is 5.32 Å². The number of nitrogens with one attached hydrogen (secondary N) is 1. The first-order valence-corrected chi connectivity index (χ1v) is 5.44. The van der Waals surface area contributed by atoms with Crippen molar-refractivity contribution < 1.29 is 13.2 Å². The Morgan fingerprint density at radius 2 is 2.12 bits per heavy atom. The molecule has 0 aliphatic heterocycles. The molecule has 2 aromatic rings. The highest BCUT2D eigenvalue weighted by molar-refractivity contribution is 7.22. The Bertz CT molecular complexity index is 504. The third-order valence-electron chi connectivity index (χ3n) is 2.06. The van der Waals surface area contributed by atoms with Crippen LogP contribution in [0.3, 0.4) is 0 Å². The summed E-state index contributed by atoms with van der Waals surface area (Å²) in [6, 6.07) is 5.59. The van der Waals surface area contributed by atoms with Crippen LogP contribution in [0.4, 0.5) is 18.3 Å². The first-order valence-electron chi connectivity index (χ1n) is 4.62. The number of thiazole rings is 1. The molecule has 86 valence electrons. The number of alkyl halides is 3. The Morgan fingerprint density at radius 3 is 2.75 bits per heavy atom. The van der Waals surface area contributed by atoms with Gasteiger partial charge in [0.15, 0.2) is 5.13 Å². The molecule has 6 heteroatoms. The summed E-state index contributed by atoms with van der Waals surface area (Å²) >= 11 is 1.23. The van der Waals surface area contributed by atoms with E-state index in [1.807, 2.05) is 25.1 Å². The fraction of sp³-hybridized carbons (Fsp3) is 0.300. The lowest BCUT2D eigenvalue weighted by Gasteiger charge is -2.05. The molecule has 1 aromatic carbocycles. The van der Waals surface area contributed by atoms with Gasteiger partial charge >= 0.3 is 6.18 Å². The van der Waals surface area contributed by atoms with Crippen molar-refractivity contribution in [2.24, 2.45) is 0 Å². The Balaban J connectivity index is 2.24. The van der Waals surface area contributed by atoms with Crippen molar-refractivity contribution in [2.45, 2.75) is 13.1 Å². The number of benzene rings is 1. The Hall–Kier alpha value is -1.30. The summed E-state index contributed by atoms with van der Waals surface area (Å²) in [7, 11) is 0. The van der Waals surface area contributed by atoms with E-state index in [1.54, 1.807) is 0 Å². The van der Waals surface area contributed by atoms with Crippen LogP contribution in [0.15, 0.2) is 18.2 Å². The average molecular weight is 246 g/mol. The van der Waals surface area contributed by atoms with Crippen LogP contribution in [0.1, 0.15) is 5.56 Å². The molecule has 16 heavy (non-hydrogen) atoms. The molecule has 0 saturated heterocycles. The molecule has 0 amide bonds. The zero-order valence-electron chi connectivity index (χ0n) is 8.43. The maximum atomic E-state index is 12.0. The van der Waals surface area contributed by atoms with Crippen molar-refractivity contribution in [1.82, 2.24) is 4.98 Å². The standard InChI is InChI=1S/C10H9F3N2S/c1-6-3-2-4-7-8(6)15-9(16-7)14-5-10(11,12)13/h2-4H,5H2,1H3,(H,14,15). The zero-order valence-corrected chi connectivity index (χ0v) is 9.25. The largest absolute Gasteiger partial charge is 0.405 e. The predicted octanol–water partition coefficient (Wildman–Crippen LogP) is 3.58. The van der Waals surface area contributed by atoms with Gasteiger partial charge in [-0.25, -0.2) is 4.98 Å². The molecule has 0 bridgehead atoms. The molecule has 0 aliphatic carbocycles. The topological polar surface area (TPSA) is 24.9 Å². The van der Waals surface area contributed by atoms with Gasteiger partial charge in [-0.1, -0.05) is 23.5 Å². The molecular weight excluding hydrogens is 237 g/mol. The van der Waals surface area contributed by atoms with Gasteiger partial charge in [0, 0.05) is 0 Å². The highest BCUT2D eigenvalue weighted by Crippen LogP contribution is 2.28. The Kier molecular flexibility index (Phi) is 2.75. The van der Waals surface area contributed by atoms with E-state index in [9.17, 15) is 13.2 Å². The van der Waals surface area contributed by atoms with Crippen LogP contribution in [0.2, 0.25) is 0 Å². The van der Waals surface area contributed by atoms with Gasteiger partial charge in [0.05, 0.1) is 10.2 Å². The minimum Gasteiger partial charge on any atom is -0.352 e. The second-order valence-electron chi connectivity index (χ2n) is 3.41. The molecule has 1 heterocycles. The van der Waals surface area contributed by atoms with Gasteiger partial charge in [0.2, 0.25) is 0 Å². The predicted molar refractivity (Wildman–Crippen MR) is 58.9 cm³/mol. The lowest BCUT2D eigenvalue weighted by molar-refractivity contribution is -0.115. The van der Waals surface area contributed by atoms with Crippen LogP contribution in [0.25, 0.3) is 10.2 Å². The maximum Gasteiger partial charge on any atom is 0.405 e. The van der Waals surface area contributed by atoms with Crippen LogP contribution in [-0.4, -0.2) is 17.7 Å². The molecular formula is C10H9F3N2S. The van der Waals surface area contributed by atoms with Gasteiger partial charge in [-0.05, 0) is 18.6 Å². The smallest absolute Gasteiger partial charge is 0.352 e. The molecule has 1 N–H and O–H groups in total. The summed E-state index contributed by atoms with van der Waals surface area (Å²) in [6.07, 6.45) is -4.22. The van der Waals surface area contributed by atoms with E-state index >= 15 is 0 Å². The minimum atomic E-state index is -4.22. The number of anilines is 1. The molecule has 2 rings (SSSR count). The summed E-state index contributed by atoms with van der Waals surface area (Å²) in [5.74, 6) is 0. The molecule has 1 aromatic heterocycles. The first kappa shape index (κ1) is 11.2. The van der Waals surface area contributed by atoms with Crippen molar-refractivity contribution in [2.75, 3.05) is 11.9 Å². The summed E-state index contributed by atoms with van der Waals surface area (Å²) in [5, 5.41) is 2.59. The highest BCUT2D eigenvalue weighted by atomic mass is 32.1. The summed E-state index contributed by atoms with van der Waals surface area (Å²) in [4.78, 5) is 4.12. The van der Waals surface area contributed by atoms with Crippen molar-refractivity contribution >= 4 is 26.7 Å². The van der Waals surface area contributed by atoms with Gasteiger partial charge in [0.25, 0.3) is 0 Å². The van der Waals surface area contributed by atoms with E-state index in [4.69, 9.17) is 0 Å². The second kappa shape index (κ2) is 3.93. The molecule has 0 saturated carbocycles. The van der Waals surface area contributed by atoms with Gasteiger partial charge in [-0.3, -0.25) is 0 Å². The molecule has 0 fully saturated rings. The van der Waals surface area contributed by atoms with Gasteiger partial charge in [-0.2, -0.15) is 13.2 Å². The van der Waals surface area contributed by atoms with E-state index in [1.165, 1.54) is 11.3 Å². The van der Waals surface area contributed by atoms with Crippen molar-refractivity contribution in [3.63, 3.8) is 0 Å². The van der Waals surface area contributed by atoms with Gasteiger partial charge < -0.3 is 5.32 Å². The molecule has 0 aliphatic rings. The Labute approximate surface area is 94.1 Å². The Morgan fingerprint density at radius 1 is 1.38 bits per heavy atom. The maximum absolute atomic E-state index is 12.0. The number of aromatic nitrogens is 1. The van der Waals surface area contributed by atoms with E-state index in [2.05, 4.69) is 10.3 Å². The molecule has 0 spiro atoms. The van der Waals surface area contributed by atoms with Gasteiger partial charge in [-0.15, -0.1) is 0 Å². The van der Waals surface area contributed by atoms with Crippen molar-refractivity contribution in [3.8, 4) is 0 Å². The number of aryl methyl sites for hydroxylation is 1. The van der Waals surface area contributed by atoms with Crippen LogP contribution in [0, 0.1) is 6.92 Å². The molecule has 0 atom stereocenters. The summed E-state index contributed by atoms with van der Waals surface area (Å²) in [5.41, 5.74) is 1.73. The second-order valence-corrected chi connectivity index (χ2v) is 4.44. The molecule has 2 nitrogen and oxygen atoms in total. The third kappa shape index (κ3) is 2.44. The van der Waals surface area contributed by atoms with E-state index in [-0.39, 0.29) is 0 Å². The lowest BCUT2D eigenvalue weighted by atomic mass is 10.2. The quantitative estimate of drug-likeness (QED) is 0.876. The minimum absolute atomic E-state index is 0.307. The van der Waals surface area contributed by atoms with Crippen LogP contribution in [0.5, 0.6) is 0 Å². The number of nitrogens with zero attached hydrogens (tertiary/aromatic N) is 1. The van der Waals surface area contributed by atoms with E-state index in [0.717, 1.165) is 15.8 Å². The number of hydrogen-bond donors (Lipinski definition) is 1. The average Bonchev–Trinajstić information content (AvgIpc) is 2.58. The fourth-order valence-electron chi connectivity index (χ4n) is 1.34. The number of para-hydroxylation sites is 1. The third-order valence-corrected chi connectivity index (χ3v) is 3.04. The van der Waals surface area contributed by atoms with Gasteiger partial charge in [0.1, 0.15) is 6.54 Å². The SMILES string of the molecule is Cc1cccc2sc(NCC(F)(F)F)nc12. The number of hydrogen-bond acceptors (Lipinski definition) is 3. The summed E-state index contributed by atoms with van der Waals surface area (Å²) < 4.78 is 36.9. The lowest BCUT2D eigenvalue weighted by Crippen LogP contribution is -2.21. The number of rotatable bonds is 2. The van der Waals surface area contributed by atoms with Crippen LogP contribution in [-0.2, 0) is 0 Å². The van der Waals surface area contributed by atoms with E-state index in [0.29, 0.717) is 5.13 Å². The zero-order chi connectivity index (χ0) is 11.8. The molecule has 0 unspecified atom stereocenters. The monoisotopic (exact) mass is 246 g/mol.